The highest BCUT2D eigenvalue weighted by Crippen LogP contribution is 2.34. The summed E-state index contributed by atoms with van der Waals surface area (Å²) >= 11 is 0. The average molecular weight is 511 g/mol. The Bertz CT molecular complexity index is 1480. The van der Waals surface area contributed by atoms with Crippen LogP contribution in [0.1, 0.15) is 28.5 Å². The molecule has 0 radical (unpaired) electrons. The number of aryl methyl sites for hydroxylation is 1. The van der Waals surface area contributed by atoms with Crippen LogP contribution in [0.3, 0.4) is 0 Å². The number of nitrogens with zero attached hydrogens (tertiary/aromatic N) is 3. The minimum atomic E-state index is -1.23. The number of benzene rings is 3. The van der Waals surface area contributed by atoms with Gasteiger partial charge in [-0.25, -0.2) is 0 Å². The summed E-state index contributed by atoms with van der Waals surface area (Å²) in [5, 5.41) is 7.75. The lowest BCUT2D eigenvalue weighted by Crippen LogP contribution is -2.64. The largest absolute Gasteiger partial charge is 0.497 e. The number of hydrogen-bond acceptors (Lipinski definition) is 5. The molecule has 0 bridgehead atoms. The van der Waals surface area contributed by atoms with Gasteiger partial charge in [0.05, 0.1) is 26.5 Å². The number of para-hydroxylation sites is 1. The summed E-state index contributed by atoms with van der Waals surface area (Å²) in [5.41, 5.74) is 3.25. The van der Waals surface area contributed by atoms with E-state index in [1.54, 1.807) is 36.8 Å². The molecule has 1 aliphatic heterocycles. The summed E-state index contributed by atoms with van der Waals surface area (Å²) in [6.07, 6.45) is 0. The molecule has 0 saturated heterocycles. The fraction of sp³-hybridized carbons (Fsp3) is 0.233. The van der Waals surface area contributed by atoms with E-state index in [0.29, 0.717) is 22.8 Å². The summed E-state index contributed by atoms with van der Waals surface area (Å²) in [6.45, 7) is 4.21. The van der Waals surface area contributed by atoms with Gasteiger partial charge in [0.1, 0.15) is 22.7 Å². The van der Waals surface area contributed by atoms with Crippen molar-refractivity contribution in [2.75, 3.05) is 19.1 Å². The van der Waals surface area contributed by atoms with Crippen LogP contribution in [-0.4, -0.2) is 41.4 Å². The van der Waals surface area contributed by atoms with Gasteiger partial charge in [0.15, 0.2) is 0 Å². The Balaban J connectivity index is 1.52. The van der Waals surface area contributed by atoms with Crippen molar-refractivity contribution >= 4 is 17.5 Å². The quantitative estimate of drug-likeness (QED) is 0.392. The molecule has 8 heteroatoms. The summed E-state index contributed by atoms with van der Waals surface area (Å²) in [5.74, 6) is 0.844. The molecule has 0 spiro atoms. The molecule has 0 saturated carbocycles. The summed E-state index contributed by atoms with van der Waals surface area (Å²) in [6, 6.07) is 24.4. The van der Waals surface area contributed by atoms with E-state index in [2.05, 4.69) is 5.32 Å². The number of rotatable bonds is 7. The second kappa shape index (κ2) is 10.0. The van der Waals surface area contributed by atoms with Gasteiger partial charge in [-0.2, -0.15) is 5.10 Å². The molecule has 1 aromatic heterocycles. The molecule has 2 heterocycles. The van der Waals surface area contributed by atoms with Gasteiger partial charge in [0, 0.05) is 23.4 Å². The van der Waals surface area contributed by atoms with Gasteiger partial charge in [-0.05, 0) is 62.4 Å². The molecule has 4 aromatic rings. The van der Waals surface area contributed by atoms with Crippen molar-refractivity contribution in [1.82, 2.24) is 15.1 Å². The van der Waals surface area contributed by atoms with E-state index in [0.717, 1.165) is 22.4 Å². The van der Waals surface area contributed by atoms with Gasteiger partial charge in [-0.1, -0.05) is 35.9 Å². The Labute approximate surface area is 221 Å². The molecule has 2 amide bonds. The van der Waals surface area contributed by atoms with E-state index in [4.69, 9.17) is 14.6 Å². The first-order valence-electron chi connectivity index (χ1n) is 12.4. The smallest absolute Gasteiger partial charge is 0.277 e. The lowest BCUT2D eigenvalue weighted by molar-refractivity contribution is -0.126. The number of fused-ring (bicyclic) bond motifs is 1. The zero-order valence-corrected chi connectivity index (χ0v) is 21.9. The second-order valence-electron chi connectivity index (χ2n) is 9.55. The molecule has 0 fully saturated rings. The summed E-state index contributed by atoms with van der Waals surface area (Å²) in [7, 11) is 3.21. The predicted molar refractivity (Wildman–Crippen MR) is 145 cm³/mol. The van der Waals surface area contributed by atoms with Crippen molar-refractivity contribution in [2.24, 2.45) is 0 Å². The number of aromatic nitrogens is 2. The van der Waals surface area contributed by atoms with Crippen molar-refractivity contribution in [2.45, 2.75) is 32.5 Å². The number of anilines is 1. The van der Waals surface area contributed by atoms with Crippen LogP contribution in [-0.2, 0) is 17.9 Å². The Morgan fingerprint density at radius 2 is 1.71 bits per heavy atom. The Kier molecular flexibility index (Phi) is 6.63. The number of carbonyl (C=O) groups excluding carboxylic acids is 2. The van der Waals surface area contributed by atoms with Crippen LogP contribution in [0, 0.1) is 6.92 Å². The third-order valence-electron chi connectivity index (χ3n) is 6.95. The van der Waals surface area contributed by atoms with Crippen LogP contribution < -0.4 is 19.7 Å². The van der Waals surface area contributed by atoms with E-state index in [1.807, 2.05) is 79.7 Å². The molecule has 1 N–H and O–H groups in total. The standard InChI is InChI=1S/C30H30N4O4/c1-20-9-13-23(14-10-20)34-28(35)26-17-25(21-11-15-24(37-3)16-12-21)32-33(26)19-30(34,2)29(36)31-18-22-7-5-6-8-27(22)38-4/h5-17H,18-19H2,1-4H3,(H,31,36)/t30-/m0/s1. The maximum Gasteiger partial charge on any atom is 0.277 e. The first-order valence-corrected chi connectivity index (χ1v) is 12.4. The van der Waals surface area contributed by atoms with E-state index in [9.17, 15) is 9.59 Å². The third-order valence-corrected chi connectivity index (χ3v) is 6.95. The van der Waals surface area contributed by atoms with Crippen molar-refractivity contribution in [3.63, 3.8) is 0 Å². The molecule has 1 atom stereocenters. The molecular formula is C30H30N4O4. The molecule has 1 aliphatic rings. The van der Waals surface area contributed by atoms with Crippen molar-refractivity contribution in [1.29, 1.82) is 0 Å². The van der Waals surface area contributed by atoms with Crippen molar-refractivity contribution < 1.29 is 19.1 Å². The van der Waals surface area contributed by atoms with Crippen LogP contribution in [0.25, 0.3) is 11.3 Å². The number of amides is 2. The second-order valence-corrected chi connectivity index (χ2v) is 9.55. The minimum absolute atomic E-state index is 0.190. The van der Waals surface area contributed by atoms with E-state index < -0.39 is 5.54 Å². The first-order chi connectivity index (χ1) is 18.3. The van der Waals surface area contributed by atoms with Crippen molar-refractivity contribution in [3.8, 4) is 22.8 Å². The SMILES string of the molecule is COc1ccc(-c2cc3n(n2)C[C@@](C)(C(=O)NCc2ccccc2OC)N(c2ccc(C)cc2)C3=O)cc1. The lowest BCUT2D eigenvalue weighted by atomic mass is 9.93. The topological polar surface area (TPSA) is 85.7 Å². The molecule has 3 aromatic carbocycles. The van der Waals surface area contributed by atoms with E-state index in [1.165, 1.54) is 0 Å². The summed E-state index contributed by atoms with van der Waals surface area (Å²) < 4.78 is 12.3. The zero-order valence-electron chi connectivity index (χ0n) is 21.9. The monoisotopic (exact) mass is 510 g/mol. The molecule has 194 valence electrons. The van der Waals surface area contributed by atoms with Crippen LogP contribution in [0.4, 0.5) is 5.69 Å². The number of hydrogen-bond donors (Lipinski definition) is 1. The van der Waals surface area contributed by atoms with Crippen LogP contribution in [0.15, 0.2) is 78.9 Å². The molecule has 0 aliphatic carbocycles. The minimum Gasteiger partial charge on any atom is -0.497 e. The van der Waals surface area contributed by atoms with Gasteiger partial charge < -0.3 is 14.8 Å². The Morgan fingerprint density at radius 3 is 2.39 bits per heavy atom. The van der Waals surface area contributed by atoms with Crippen molar-refractivity contribution in [3.05, 3.63) is 95.7 Å². The van der Waals surface area contributed by atoms with Gasteiger partial charge in [-0.3, -0.25) is 19.2 Å². The molecular weight excluding hydrogens is 480 g/mol. The zero-order chi connectivity index (χ0) is 26.9. The average Bonchev–Trinajstić information content (AvgIpc) is 3.37. The van der Waals surface area contributed by atoms with Gasteiger partial charge in [-0.15, -0.1) is 0 Å². The summed E-state index contributed by atoms with van der Waals surface area (Å²) in [4.78, 5) is 29.4. The van der Waals surface area contributed by atoms with E-state index >= 15 is 0 Å². The highest BCUT2D eigenvalue weighted by Gasteiger charge is 2.48. The van der Waals surface area contributed by atoms with Gasteiger partial charge >= 0.3 is 0 Å². The highest BCUT2D eigenvalue weighted by molar-refractivity contribution is 6.12. The van der Waals surface area contributed by atoms with E-state index in [-0.39, 0.29) is 24.9 Å². The molecule has 5 rings (SSSR count). The third kappa shape index (κ3) is 4.49. The fourth-order valence-corrected chi connectivity index (χ4v) is 4.80. The maximum atomic E-state index is 14.0. The molecule has 8 nitrogen and oxygen atoms in total. The van der Waals surface area contributed by atoms with Crippen LogP contribution in [0.5, 0.6) is 11.5 Å². The van der Waals surface area contributed by atoms with Crippen LogP contribution in [0.2, 0.25) is 0 Å². The Hall–Kier alpha value is -4.59. The number of ether oxygens (including phenoxy) is 2. The number of carbonyl (C=O) groups is 2. The first kappa shape index (κ1) is 25.1. The normalized spacial score (nSPS) is 16.6. The highest BCUT2D eigenvalue weighted by atomic mass is 16.5. The van der Waals surface area contributed by atoms with Crippen LogP contribution >= 0.6 is 0 Å². The molecule has 0 unspecified atom stereocenters. The Morgan fingerprint density at radius 1 is 1.00 bits per heavy atom. The molecule has 38 heavy (non-hydrogen) atoms. The van der Waals surface area contributed by atoms with Gasteiger partial charge in [0.2, 0.25) is 5.91 Å². The number of nitrogens with one attached hydrogen (secondary N) is 1. The maximum absolute atomic E-state index is 14.0. The van der Waals surface area contributed by atoms with Gasteiger partial charge in [0.25, 0.3) is 5.91 Å². The fourth-order valence-electron chi connectivity index (χ4n) is 4.80. The number of methoxy groups -OCH3 is 2. The lowest BCUT2D eigenvalue weighted by Gasteiger charge is -2.43. The predicted octanol–water partition coefficient (Wildman–Crippen LogP) is 4.61.